The summed E-state index contributed by atoms with van der Waals surface area (Å²) >= 11 is 0. The van der Waals surface area contributed by atoms with Crippen molar-refractivity contribution in [2.75, 3.05) is 26.4 Å². The van der Waals surface area contributed by atoms with Gasteiger partial charge in [-0.1, -0.05) is 6.58 Å². The van der Waals surface area contributed by atoms with Gasteiger partial charge in [-0.3, -0.25) is 4.79 Å². The first-order chi connectivity index (χ1) is 10.4. The summed E-state index contributed by atoms with van der Waals surface area (Å²) in [6.07, 6.45) is 2.72. The molecule has 0 bridgehead atoms. The molecule has 0 aromatic heterocycles. The van der Waals surface area contributed by atoms with Crippen LogP contribution < -0.4 is 0 Å². The molecule has 0 amide bonds. The van der Waals surface area contributed by atoms with Crippen LogP contribution in [-0.2, 0) is 28.5 Å². The number of esters is 2. The van der Waals surface area contributed by atoms with Crippen molar-refractivity contribution in [3.8, 4) is 0 Å². The predicted molar refractivity (Wildman–Crippen MR) is 78.2 cm³/mol. The molecule has 0 aromatic rings. The summed E-state index contributed by atoms with van der Waals surface area (Å²) in [6.45, 7) is 8.10. The molecule has 3 unspecified atom stereocenters. The average Bonchev–Trinajstić information content (AvgIpc) is 3.15. The zero-order valence-electron chi connectivity index (χ0n) is 13.3. The standard InChI is InChI=1S/C16H24O6/c1-11(2)14(17)20-8-6-19-7-9-21-15(18)12-4-5-16(3)13(10-12)22-16/h12-13H,1,4-10H2,2-3H3. The molecule has 124 valence electrons. The third kappa shape index (κ3) is 4.55. The number of rotatable bonds is 8. The van der Waals surface area contributed by atoms with E-state index < -0.39 is 5.97 Å². The van der Waals surface area contributed by atoms with Gasteiger partial charge >= 0.3 is 11.9 Å². The summed E-state index contributed by atoms with van der Waals surface area (Å²) < 4.78 is 20.9. The number of carbonyl (C=O) groups is 2. The molecule has 0 N–H and O–H groups in total. The Balaban J connectivity index is 1.48. The lowest BCUT2D eigenvalue weighted by atomic mass is 9.83. The minimum Gasteiger partial charge on any atom is -0.463 e. The van der Waals surface area contributed by atoms with Crippen molar-refractivity contribution < 1.29 is 28.5 Å². The third-order valence-corrected chi connectivity index (χ3v) is 4.14. The van der Waals surface area contributed by atoms with Crippen molar-refractivity contribution in [2.45, 2.75) is 44.8 Å². The second-order valence-electron chi connectivity index (χ2n) is 6.09. The Bertz CT molecular complexity index is 446. The summed E-state index contributed by atoms with van der Waals surface area (Å²) in [6, 6.07) is 0. The van der Waals surface area contributed by atoms with Gasteiger partial charge in [0.05, 0.1) is 30.8 Å². The molecule has 0 spiro atoms. The van der Waals surface area contributed by atoms with Crippen LogP contribution in [0.5, 0.6) is 0 Å². The van der Waals surface area contributed by atoms with Gasteiger partial charge in [-0.25, -0.2) is 4.79 Å². The van der Waals surface area contributed by atoms with E-state index >= 15 is 0 Å². The molecule has 0 radical (unpaired) electrons. The lowest BCUT2D eigenvalue weighted by Crippen LogP contribution is -2.28. The number of ether oxygens (including phenoxy) is 4. The Labute approximate surface area is 130 Å². The quantitative estimate of drug-likeness (QED) is 0.293. The highest BCUT2D eigenvalue weighted by Gasteiger charge is 2.56. The van der Waals surface area contributed by atoms with Crippen LogP contribution >= 0.6 is 0 Å². The molecule has 2 fully saturated rings. The van der Waals surface area contributed by atoms with Crippen molar-refractivity contribution in [2.24, 2.45) is 5.92 Å². The van der Waals surface area contributed by atoms with Crippen LogP contribution in [-0.4, -0.2) is 50.1 Å². The molecule has 2 rings (SSSR count). The third-order valence-electron chi connectivity index (χ3n) is 4.14. The summed E-state index contributed by atoms with van der Waals surface area (Å²) in [5.74, 6) is -0.659. The van der Waals surface area contributed by atoms with Crippen molar-refractivity contribution in [3.63, 3.8) is 0 Å². The molecule has 2 aliphatic rings. The van der Waals surface area contributed by atoms with Crippen LogP contribution in [0.15, 0.2) is 12.2 Å². The Morgan fingerprint density at radius 2 is 1.91 bits per heavy atom. The van der Waals surface area contributed by atoms with E-state index in [-0.39, 0.29) is 43.4 Å². The van der Waals surface area contributed by atoms with E-state index in [1.54, 1.807) is 6.92 Å². The van der Waals surface area contributed by atoms with Crippen LogP contribution in [0, 0.1) is 5.92 Å². The van der Waals surface area contributed by atoms with Crippen molar-refractivity contribution in [3.05, 3.63) is 12.2 Å². The van der Waals surface area contributed by atoms with Crippen molar-refractivity contribution in [1.82, 2.24) is 0 Å². The van der Waals surface area contributed by atoms with Gasteiger partial charge in [-0.05, 0) is 33.1 Å². The minimum absolute atomic E-state index is 0.0150. The van der Waals surface area contributed by atoms with E-state index in [1.807, 2.05) is 0 Å². The van der Waals surface area contributed by atoms with Gasteiger partial charge in [0.15, 0.2) is 0 Å². The number of hydrogen-bond acceptors (Lipinski definition) is 6. The molecule has 1 saturated carbocycles. The van der Waals surface area contributed by atoms with Gasteiger partial charge in [0.25, 0.3) is 0 Å². The average molecular weight is 312 g/mol. The summed E-state index contributed by atoms with van der Waals surface area (Å²) in [4.78, 5) is 23.0. The molecule has 6 heteroatoms. The van der Waals surface area contributed by atoms with Gasteiger partial charge in [0.2, 0.25) is 0 Å². The highest BCUT2D eigenvalue weighted by Crippen LogP contribution is 2.49. The molecule has 1 heterocycles. The number of hydrogen-bond donors (Lipinski definition) is 0. The maximum absolute atomic E-state index is 11.9. The van der Waals surface area contributed by atoms with Crippen molar-refractivity contribution in [1.29, 1.82) is 0 Å². The smallest absolute Gasteiger partial charge is 0.333 e. The highest BCUT2D eigenvalue weighted by molar-refractivity contribution is 5.86. The molecule has 1 aliphatic carbocycles. The lowest BCUT2D eigenvalue weighted by Gasteiger charge is -2.20. The number of fused-ring (bicyclic) bond motifs is 1. The molecular weight excluding hydrogens is 288 g/mol. The summed E-state index contributed by atoms with van der Waals surface area (Å²) in [5.41, 5.74) is 0.373. The van der Waals surface area contributed by atoms with Crippen LogP contribution in [0.3, 0.4) is 0 Å². The first-order valence-electron chi connectivity index (χ1n) is 7.67. The maximum Gasteiger partial charge on any atom is 0.333 e. The Kier molecular flexibility index (Phi) is 5.58. The second-order valence-corrected chi connectivity index (χ2v) is 6.09. The van der Waals surface area contributed by atoms with E-state index in [0.717, 1.165) is 19.3 Å². The zero-order chi connectivity index (χ0) is 16.2. The minimum atomic E-state index is -0.429. The Morgan fingerprint density at radius 3 is 2.55 bits per heavy atom. The molecule has 1 saturated heterocycles. The summed E-state index contributed by atoms with van der Waals surface area (Å²) in [5, 5.41) is 0. The normalized spacial score (nSPS) is 29.4. The van der Waals surface area contributed by atoms with Crippen LogP contribution in [0.25, 0.3) is 0 Å². The van der Waals surface area contributed by atoms with Gasteiger partial charge in [0, 0.05) is 5.57 Å². The molecule has 22 heavy (non-hydrogen) atoms. The fourth-order valence-corrected chi connectivity index (χ4v) is 2.60. The molecule has 0 aromatic carbocycles. The molecule has 1 aliphatic heterocycles. The number of epoxide rings is 1. The van der Waals surface area contributed by atoms with Crippen LogP contribution in [0.4, 0.5) is 0 Å². The highest BCUT2D eigenvalue weighted by atomic mass is 16.6. The first-order valence-corrected chi connectivity index (χ1v) is 7.67. The molecular formula is C16H24O6. The van der Waals surface area contributed by atoms with E-state index in [0.29, 0.717) is 12.2 Å². The lowest BCUT2D eigenvalue weighted by molar-refractivity contribution is -0.151. The monoisotopic (exact) mass is 312 g/mol. The van der Waals surface area contributed by atoms with Gasteiger partial charge in [0.1, 0.15) is 13.2 Å². The van der Waals surface area contributed by atoms with Crippen LogP contribution in [0.1, 0.15) is 33.1 Å². The Morgan fingerprint density at radius 1 is 1.23 bits per heavy atom. The zero-order valence-corrected chi connectivity index (χ0v) is 13.3. The SMILES string of the molecule is C=C(C)C(=O)OCCOCCOC(=O)C1CCC2(C)OC2C1. The summed E-state index contributed by atoms with van der Waals surface area (Å²) in [7, 11) is 0. The molecule has 6 nitrogen and oxygen atoms in total. The fourth-order valence-electron chi connectivity index (χ4n) is 2.60. The fraction of sp³-hybridized carbons (Fsp3) is 0.750. The van der Waals surface area contributed by atoms with Crippen molar-refractivity contribution >= 4 is 11.9 Å². The van der Waals surface area contributed by atoms with Crippen LogP contribution in [0.2, 0.25) is 0 Å². The van der Waals surface area contributed by atoms with E-state index in [1.165, 1.54) is 0 Å². The van der Waals surface area contributed by atoms with E-state index in [2.05, 4.69) is 13.5 Å². The predicted octanol–water partition coefficient (Wildman–Crippen LogP) is 1.62. The Hall–Kier alpha value is -1.40. The van der Waals surface area contributed by atoms with Gasteiger partial charge in [-0.15, -0.1) is 0 Å². The van der Waals surface area contributed by atoms with E-state index in [4.69, 9.17) is 18.9 Å². The van der Waals surface area contributed by atoms with Gasteiger partial charge < -0.3 is 18.9 Å². The van der Waals surface area contributed by atoms with E-state index in [9.17, 15) is 9.59 Å². The topological polar surface area (TPSA) is 74.4 Å². The largest absolute Gasteiger partial charge is 0.463 e. The first kappa shape index (κ1) is 17.0. The molecule has 3 atom stereocenters. The van der Waals surface area contributed by atoms with Gasteiger partial charge in [-0.2, -0.15) is 0 Å². The second kappa shape index (κ2) is 7.24. The number of carbonyl (C=O) groups excluding carboxylic acids is 2. The maximum atomic E-state index is 11.9.